The average molecular weight is 415 g/mol. The highest BCUT2D eigenvalue weighted by Crippen LogP contribution is 2.21. The number of nitrogens with zero attached hydrogens (tertiary/aromatic N) is 2. The molecule has 0 bridgehead atoms. The maximum Gasteiger partial charge on any atom is 0.343 e. The minimum atomic E-state index is -0.533. The van der Waals surface area contributed by atoms with Gasteiger partial charge in [0.05, 0.1) is 19.0 Å². The number of pyridine rings is 1. The van der Waals surface area contributed by atoms with Gasteiger partial charge >= 0.3 is 11.9 Å². The Balaban J connectivity index is 2.12. The zero-order valence-corrected chi connectivity index (χ0v) is 17.2. The Labute approximate surface area is 174 Å². The molecule has 2 rings (SSSR count). The Morgan fingerprint density at radius 2 is 1.80 bits per heavy atom. The summed E-state index contributed by atoms with van der Waals surface area (Å²) in [6.45, 7) is 2.58. The molecule has 1 amide bonds. The van der Waals surface area contributed by atoms with Crippen LogP contribution in [0.3, 0.4) is 0 Å². The number of rotatable bonds is 9. The summed E-state index contributed by atoms with van der Waals surface area (Å²) in [4.78, 5) is 40.5. The van der Waals surface area contributed by atoms with E-state index in [1.165, 1.54) is 25.1 Å². The Morgan fingerprint density at radius 1 is 1.10 bits per heavy atom. The Morgan fingerprint density at radius 3 is 2.37 bits per heavy atom. The van der Waals surface area contributed by atoms with Crippen LogP contribution in [0, 0.1) is 0 Å². The maximum absolute atomic E-state index is 12.7. The Kier molecular flexibility index (Phi) is 8.16. The molecule has 0 saturated carbocycles. The van der Waals surface area contributed by atoms with Crippen molar-refractivity contribution in [2.45, 2.75) is 26.3 Å². The number of esters is 2. The lowest BCUT2D eigenvalue weighted by Crippen LogP contribution is -2.42. The first-order chi connectivity index (χ1) is 14.3. The third kappa shape index (κ3) is 6.77. The average Bonchev–Trinajstić information content (AvgIpc) is 2.73. The van der Waals surface area contributed by atoms with Crippen molar-refractivity contribution in [1.82, 2.24) is 4.98 Å². The molecule has 9 nitrogen and oxygen atoms in total. The second-order valence-corrected chi connectivity index (χ2v) is 6.55. The predicted octanol–water partition coefficient (Wildman–Crippen LogP) is 1.74. The second-order valence-electron chi connectivity index (χ2n) is 6.55. The van der Waals surface area contributed by atoms with Crippen LogP contribution in [-0.2, 0) is 30.3 Å². The normalized spacial score (nSPS) is 11.3. The lowest BCUT2D eigenvalue weighted by Gasteiger charge is -2.29. The third-order valence-electron chi connectivity index (χ3n) is 4.20. The van der Waals surface area contributed by atoms with E-state index in [-0.39, 0.29) is 25.2 Å². The summed E-state index contributed by atoms with van der Waals surface area (Å²) in [5.41, 5.74) is 7.14. The molecular weight excluding hydrogens is 390 g/mol. The van der Waals surface area contributed by atoms with E-state index in [4.69, 9.17) is 15.2 Å². The van der Waals surface area contributed by atoms with Crippen LogP contribution < -0.4 is 15.4 Å². The van der Waals surface area contributed by atoms with Gasteiger partial charge in [0.15, 0.2) is 13.2 Å². The highest BCUT2D eigenvalue weighted by atomic mass is 16.6. The molecule has 0 saturated heterocycles. The molecule has 0 fully saturated rings. The van der Waals surface area contributed by atoms with Gasteiger partial charge in [-0.15, -0.1) is 0 Å². The molecule has 0 aliphatic carbocycles. The zero-order valence-electron chi connectivity index (χ0n) is 17.2. The molecule has 1 aromatic carbocycles. The summed E-state index contributed by atoms with van der Waals surface area (Å²) in [7, 11) is 1.29. The van der Waals surface area contributed by atoms with Crippen LogP contribution in [0.15, 0.2) is 42.6 Å². The lowest BCUT2D eigenvalue weighted by atomic mass is 10.0. The number of methoxy groups -OCH3 is 1. The van der Waals surface area contributed by atoms with E-state index < -0.39 is 11.9 Å². The smallest absolute Gasteiger partial charge is 0.343 e. The van der Waals surface area contributed by atoms with Gasteiger partial charge in [-0.05, 0) is 43.2 Å². The number of hydrogen-bond donors (Lipinski definition) is 1. The molecule has 0 aliphatic heterocycles. The van der Waals surface area contributed by atoms with Crippen LogP contribution in [0.5, 0.6) is 5.75 Å². The third-order valence-corrected chi connectivity index (χ3v) is 4.20. The van der Waals surface area contributed by atoms with Gasteiger partial charge in [-0.1, -0.05) is 12.1 Å². The molecule has 0 aliphatic rings. The molecule has 9 heteroatoms. The van der Waals surface area contributed by atoms with Crippen molar-refractivity contribution >= 4 is 29.4 Å². The first-order valence-corrected chi connectivity index (χ1v) is 9.25. The number of carbonyl (C=O) groups is 3. The molecule has 0 radical (unpaired) electrons. The molecule has 1 unspecified atom stereocenters. The fraction of sp³-hybridized carbons (Fsp3) is 0.333. The summed E-state index contributed by atoms with van der Waals surface area (Å²) in [6.07, 6.45) is 2.02. The van der Waals surface area contributed by atoms with E-state index in [2.05, 4.69) is 9.72 Å². The maximum atomic E-state index is 12.7. The largest absolute Gasteiger partial charge is 0.482 e. The van der Waals surface area contributed by atoms with Gasteiger partial charge in [-0.3, -0.25) is 9.59 Å². The van der Waals surface area contributed by atoms with Crippen LogP contribution in [0.4, 0.5) is 11.5 Å². The van der Waals surface area contributed by atoms with Crippen LogP contribution in [0.25, 0.3) is 0 Å². The number of nitrogen functional groups attached to an aromatic ring is 1. The summed E-state index contributed by atoms with van der Waals surface area (Å²) in [5, 5.41) is 0. The zero-order chi connectivity index (χ0) is 22.1. The highest BCUT2D eigenvalue weighted by Gasteiger charge is 2.23. The van der Waals surface area contributed by atoms with Crippen molar-refractivity contribution in [1.29, 1.82) is 0 Å². The molecule has 1 atom stereocenters. The van der Waals surface area contributed by atoms with Crippen LogP contribution in [0.2, 0.25) is 0 Å². The van der Waals surface area contributed by atoms with Gasteiger partial charge < -0.3 is 24.8 Å². The van der Waals surface area contributed by atoms with Gasteiger partial charge in [0, 0.05) is 13.0 Å². The number of amides is 1. The van der Waals surface area contributed by atoms with Crippen molar-refractivity contribution in [2.24, 2.45) is 0 Å². The van der Waals surface area contributed by atoms with Crippen LogP contribution >= 0.6 is 0 Å². The standard InChI is InChI=1S/C21H25N3O6/c1-14(10-16-4-7-18(8-5-16)30-13-21(27)28-3)24(20(26)12-29-15(2)25)17-6-9-19(22)23-11-17/h4-9,11,14H,10,12-13H2,1-3H3,(H2,22,23). The number of nitrogens with two attached hydrogens (primary N) is 1. The van der Waals surface area contributed by atoms with Gasteiger partial charge in [0.25, 0.3) is 5.91 Å². The SMILES string of the molecule is COC(=O)COc1ccc(CC(C)N(C(=O)COC(C)=O)c2ccc(N)nc2)cc1. The molecule has 1 heterocycles. The Bertz CT molecular complexity index is 867. The van der Waals surface area contributed by atoms with Crippen molar-refractivity contribution in [3.8, 4) is 5.75 Å². The number of benzene rings is 1. The molecule has 1 aromatic heterocycles. The summed E-state index contributed by atoms with van der Waals surface area (Å²) < 4.78 is 14.7. The molecule has 0 spiro atoms. The van der Waals surface area contributed by atoms with Gasteiger partial charge in [0.1, 0.15) is 11.6 Å². The van der Waals surface area contributed by atoms with E-state index >= 15 is 0 Å². The van der Waals surface area contributed by atoms with Crippen molar-refractivity contribution < 1.29 is 28.6 Å². The first kappa shape index (κ1) is 22.7. The van der Waals surface area contributed by atoms with E-state index in [0.29, 0.717) is 23.7 Å². The lowest BCUT2D eigenvalue weighted by molar-refractivity contribution is -0.145. The Hall–Kier alpha value is -3.62. The first-order valence-electron chi connectivity index (χ1n) is 9.25. The molecule has 2 N–H and O–H groups in total. The molecular formula is C21H25N3O6. The highest BCUT2D eigenvalue weighted by molar-refractivity contribution is 5.95. The van der Waals surface area contributed by atoms with Gasteiger partial charge in [-0.2, -0.15) is 0 Å². The second kappa shape index (κ2) is 10.8. The topological polar surface area (TPSA) is 121 Å². The van der Waals surface area contributed by atoms with Crippen molar-refractivity contribution in [3.63, 3.8) is 0 Å². The fourth-order valence-corrected chi connectivity index (χ4v) is 2.77. The summed E-state index contributed by atoms with van der Waals surface area (Å²) in [6, 6.07) is 10.2. The summed E-state index contributed by atoms with van der Waals surface area (Å²) in [5.74, 6) is -0.508. The minimum Gasteiger partial charge on any atom is -0.482 e. The minimum absolute atomic E-state index is 0.172. The van der Waals surface area contributed by atoms with Crippen molar-refractivity contribution in [3.05, 3.63) is 48.2 Å². The van der Waals surface area contributed by atoms with Crippen molar-refractivity contribution in [2.75, 3.05) is 31.0 Å². The quantitative estimate of drug-likeness (QED) is 0.615. The van der Waals surface area contributed by atoms with E-state index in [1.807, 2.05) is 19.1 Å². The monoisotopic (exact) mass is 415 g/mol. The number of anilines is 2. The molecule has 30 heavy (non-hydrogen) atoms. The van der Waals surface area contributed by atoms with E-state index in [9.17, 15) is 14.4 Å². The van der Waals surface area contributed by atoms with Gasteiger partial charge in [0.2, 0.25) is 0 Å². The molecule has 2 aromatic rings. The van der Waals surface area contributed by atoms with E-state index in [1.54, 1.807) is 24.3 Å². The number of hydrogen-bond acceptors (Lipinski definition) is 8. The van der Waals surface area contributed by atoms with Crippen LogP contribution in [-0.4, -0.2) is 49.2 Å². The summed E-state index contributed by atoms with van der Waals surface area (Å²) >= 11 is 0. The fourth-order valence-electron chi connectivity index (χ4n) is 2.77. The number of aromatic nitrogens is 1. The van der Waals surface area contributed by atoms with E-state index in [0.717, 1.165) is 5.56 Å². The predicted molar refractivity (Wildman–Crippen MR) is 110 cm³/mol. The number of ether oxygens (including phenoxy) is 3. The van der Waals surface area contributed by atoms with Gasteiger partial charge in [-0.25, -0.2) is 9.78 Å². The van der Waals surface area contributed by atoms with Crippen LogP contribution in [0.1, 0.15) is 19.4 Å². The number of carbonyl (C=O) groups excluding carboxylic acids is 3. The molecule has 160 valence electrons.